The van der Waals surface area contributed by atoms with E-state index in [1.54, 1.807) is 12.1 Å². The van der Waals surface area contributed by atoms with Crippen LogP contribution in [-0.4, -0.2) is 48.2 Å². The summed E-state index contributed by atoms with van der Waals surface area (Å²) in [4.78, 5) is 23.4. The summed E-state index contributed by atoms with van der Waals surface area (Å²) in [5, 5.41) is 0. The van der Waals surface area contributed by atoms with E-state index >= 15 is 0 Å². The fraction of sp³-hybridized carbons (Fsp3) is 0.476. The van der Waals surface area contributed by atoms with Crippen molar-refractivity contribution < 1.29 is 18.7 Å². The first-order chi connectivity index (χ1) is 13.7. The molecule has 6 nitrogen and oxygen atoms in total. The van der Waals surface area contributed by atoms with E-state index in [2.05, 4.69) is 14.9 Å². The lowest BCUT2D eigenvalue weighted by molar-refractivity contribution is 0.0237. The van der Waals surface area contributed by atoms with Crippen LogP contribution in [0.4, 0.5) is 10.2 Å². The Kier molecular flexibility index (Phi) is 5.81. The minimum Gasteiger partial charge on any atom is -0.474 e. The number of anilines is 1. The van der Waals surface area contributed by atoms with Crippen LogP contribution < -0.4 is 9.64 Å². The summed E-state index contributed by atoms with van der Waals surface area (Å²) >= 11 is 0. The maximum absolute atomic E-state index is 13.1. The van der Waals surface area contributed by atoms with Gasteiger partial charge in [0.25, 0.3) is 0 Å². The first kappa shape index (κ1) is 18.8. The lowest BCUT2D eigenvalue weighted by Crippen LogP contribution is -2.37. The normalized spacial score (nSPS) is 18.8. The Morgan fingerprint density at radius 2 is 1.79 bits per heavy atom. The number of benzene rings is 1. The Morgan fingerprint density at radius 1 is 1.07 bits per heavy atom. The number of nitrogens with zero attached hydrogens (tertiary/aromatic N) is 3. The zero-order valence-electron chi connectivity index (χ0n) is 15.7. The lowest BCUT2D eigenvalue weighted by atomic mass is 9.89. The monoisotopic (exact) mass is 385 g/mol. The van der Waals surface area contributed by atoms with Crippen molar-refractivity contribution in [2.45, 2.75) is 31.8 Å². The van der Waals surface area contributed by atoms with Gasteiger partial charge in [0.05, 0.1) is 13.2 Å². The number of halogens is 1. The summed E-state index contributed by atoms with van der Waals surface area (Å²) in [5.41, 5.74) is 0.578. The molecule has 7 heteroatoms. The Bertz CT molecular complexity index is 801. The molecule has 2 aliphatic rings. The quantitative estimate of drug-likeness (QED) is 0.736. The minimum absolute atomic E-state index is 0.0403. The fourth-order valence-electron chi connectivity index (χ4n) is 3.75. The summed E-state index contributed by atoms with van der Waals surface area (Å²) in [6.07, 6.45) is 4.90. The average molecular weight is 385 g/mol. The number of Topliss-reactive ketones (excluding diaryl/α,β-unsaturated/α-hetero) is 1. The molecule has 0 spiro atoms. The lowest BCUT2D eigenvalue weighted by Gasteiger charge is -2.32. The number of carbonyl (C=O) groups is 1. The molecule has 2 fully saturated rings. The van der Waals surface area contributed by atoms with Gasteiger partial charge in [0.1, 0.15) is 24.1 Å². The van der Waals surface area contributed by atoms with Crippen molar-refractivity contribution in [2.24, 2.45) is 5.92 Å². The van der Waals surface area contributed by atoms with E-state index in [-0.39, 0.29) is 23.6 Å². The number of aromatic nitrogens is 2. The number of rotatable bonds is 5. The molecule has 2 saturated heterocycles. The highest BCUT2D eigenvalue weighted by atomic mass is 19.1. The number of hydrogen-bond acceptors (Lipinski definition) is 6. The molecular formula is C21H24FN3O3. The molecule has 0 saturated carbocycles. The maximum atomic E-state index is 13.1. The molecule has 0 unspecified atom stereocenters. The molecule has 1 aromatic carbocycles. The molecule has 148 valence electrons. The van der Waals surface area contributed by atoms with Gasteiger partial charge in [-0.05, 0) is 37.1 Å². The van der Waals surface area contributed by atoms with E-state index < -0.39 is 0 Å². The second-order valence-corrected chi connectivity index (χ2v) is 7.28. The average Bonchev–Trinajstić information content (AvgIpc) is 2.75. The second-order valence-electron chi connectivity index (χ2n) is 7.28. The van der Waals surface area contributed by atoms with Crippen LogP contribution in [0.2, 0.25) is 0 Å². The first-order valence-electron chi connectivity index (χ1n) is 9.80. The van der Waals surface area contributed by atoms with Crippen molar-refractivity contribution in [3.63, 3.8) is 0 Å². The highest BCUT2D eigenvalue weighted by Gasteiger charge is 2.27. The number of ether oxygens (including phenoxy) is 2. The molecule has 0 atom stereocenters. The van der Waals surface area contributed by atoms with Crippen molar-refractivity contribution in [2.75, 3.05) is 31.2 Å². The van der Waals surface area contributed by atoms with Crippen LogP contribution in [0, 0.1) is 11.7 Å². The molecule has 0 amide bonds. The summed E-state index contributed by atoms with van der Waals surface area (Å²) in [5.74, 6) is 1.13. The molecule has 2 aliphatic heterocycles. The van der Waals surface area contributed by atoms with Crippen molar-refractivity contribution in [3.8, 4) is 5.88 Å². The maximum Gasteiger partial charge on any atom is 0.218 e. The van der Waals surface area contributed by atoms with E-state index in [1.165, 1.54) is 18.5 Å². The van der Waals surface area contributed by atoms with Gasteiger partial charge in [0.2, 0.25) is 5.88 Å². The molecule has 4 rings (SSSR count). The van der Waals surface area contributed by atoms with Gasteiger partial charge >= 0.3 is 0 Å². The molecular weight excluding hydrogens is 361 g/mol. The minimum atomic E-state index is -0.325. The van der Waals surface area contributed by atoms with E-state index in [1.807, 2.05) is 6.07 Å². The van der Waals surface area contributed by atoms with Crippen molar-refractivity contribution in [1.82, 2.24) is 9.97 Å². The smallest absolute Gasteiger partial charge is 0.218 e. The van der Waals surface area contributed by atoms with Crippen LogP contribution >= 0.6 is 0 Å². The van der Waals surface area contributed by atoms with Crippen LogP contribution in [0.1, 0.15) is 36.0 Å². The number of ketones is 1. The van der Waals surface area contributed by atoms with Crippen LogP contribution in [0.3, 0.4) is 0 Å². The van der Waals surface area contributed by atoms with Crippen molar-refractivity contribution >= 4 is 11.6 Å². The number of carbonyl (C=O) groups excluding carboxylic acids is 1. The molecule has 0 radical (unpaired) electrons. The van der Waals surface area contributed by atoms with E-state index in [9.17, 15) is 9.18 Å². The van der Waals surface area contributed by atoms with Crippen LogP contribution in [0.15, 0.2) is 36.7 Å². The standard InChI is InChI=1S/C21H24FN3O3/c22-17-3-1-15(2-4-17)21(26)16-5-9-25(10-6-16)19-13-20(24-14-23-19)28-18-7-11-27-12-8-18/h1-4,13-14,16,18H,5-12H2. The van der Waals surface area contributed by atoms with Gasteiger partial charge in [-0.15, -0.1) is 0 Å². The zero-order chi connectivity index (χ0) is 19.3. The Labute approximate surface area is 163 Å². The van der Waals surface area contributed by atoms with Gasteiger partial charge in [-0.3, -0.25) is 4.79 Å². The fourth-order valence-corrected chi connectivity index (χ4v) is 3.75. The molecule has 0 N–H and O–H groups in total. The topological polar surface area (TPSA) is 64.6 Å². The Morgan fingerprint density at radius 3 is 2.50 bits per heavy atom. The third-order valence-electron chi connectivity index (χ3n) is 5.40. The molecule has 0 bridgehead atoms. The van der Waals surface area contributed by atoms with E-state index in [0.717, 1.165) is 57.8 Å². The molecule has 0 aliphatic carbocycles. The number of piperidine rings is 1. The van der Waals surface area contributed by atoms with Gasteiger partial charge in [0.15, 0.2) is 5.78 Å². The van der Waals surface area contributed by atoms with E-state index in [0.29, 0.717) is 11.4 Å². The van der Waals surface area contributed by atoms with Crippen LogP contribution in [0.25, 0.3) is 0 Å². The van der Waals surface area contributed by atoms with Gasteiger partial charge in [-0.1, -0.05) is 0 Å². The summed E-state index contributed by atoms with van der Waals surface area (Å²) in [6, 6.07) is 7.67. The highest BCUT2D eigenvalue weighted by molar-refractivity contribution is 5.97. The molecule has 28 heavy (non-hydrogen) atoms. The predicted octanol–water partition coefficient (Wildman–Crippen LogP) is 3.27. The molecule has 3 heterocycles. The summed E-state index contributed by atoms with van der Waals surface area (Å²) in [6.45, 7) is 2.92. The summed E-state index contributed by atoms with van der Waals surface area (Å²) < 4.78 is 24.4. The SMILES string of the molecule is O=C(c1ccc(F)cc1)C1CCN(c2cc(OC3CCOCC3)ncn2)CC1. The predicted molar refractivity (Wildman–Crippen MR) is 102 cm³/mol. The van der Waals surface area contributed by atoms with Crippen LogP contribution in [0.5, 0.6) is 5.88 Å². The summed E-state index contributed by atoms with van der Waals surface area (Å²) in [7, 11) is 0. The highest BCUT2D eigenvalue weighted by Crippen LogP contribution is 2.26. The number of hydrogen-bond donors (Lipinski definition) is 0. The Hall–Kier alpha value is -2.54. The van der Waals surface area contributed by atoms with Gasteiger partial charge in [-0.25, -0.2) is 14.4 Å². The van der Waals surface area contributed by atoms with Crippen molar-refractivity contribution in [1.29, 1.82) is 0 Å². The molecule has 2 aromatic rings. The van der Waals surface area contributed by atoms with E-state index in [4.69, 9.17) is 9.47 Å². The Balaban J connectivity index is 1.35. The largest absolute Gasteiger partial charge is 0.474 e. The van der Waals surface area contributed by atoms with Crippen LogP contribution in [-0.2, 0) is 4.74 Å². The van der Waals surface area contributed by atoms with Gasteiger partial charge in [0, 0.05) is 43.5 Å². The van der Waals surface area contributed by atoms with Gasteiger partial charge < -0.3 is 14.4 Å². The first-order valence-corrected chi connectivity index (χ1v) is 9.80. The third-order valence-corrected chi connectivity index (χ3v) is 5.40. The van der Waals surface area contributed by atoms with Crippen molar-refractivity contribution in [3.05, 3.63) is 48.0 Å². The van der Waals surface area contributed by atoms with Gasteiger partial charge in [-0.2, -0.15) is 0 Å². The zero-order valence-corrected chi connectivity index (χ0v) is 15.7. The third kappa shape index (κ3) is 4.47. The second kappa shape index (κ2) is 8.65. The molecule has 1 aromatic heterocycles.